The first-order chi connectivity index (χ1) is 10.0. The molecule has 2 aromatic carbocycles. The number of hydrogen-bond donors (Lipinski definition) is 1. The predicted molar refractivity (Wildman–Crippen MR) is 83.0 cm³/mol. The number of methoxy groups -OCH3 is 2. The molecule has 0 aliphatic rings. The monoisotopic (exact) mass is 309 g/mol. The first kappa shape index (κ1) is 15.4. The molecule has 0 atom stereocenters. The lowest BCUT2D eigenvalue weighted by Crippen LogP contribution is -2.02. The molecule has 0 spiro atoms. The molecule has 0 aliphatic heterocycles. The third-order valence-corrected chi connectivity index (χ3v) is 3.49. The van der Waals surface area contributed by atoms with Crippen LogP contribution in [0.25, 0.3) is 0 Å². The van der Waals surface area contributed by atoms with Gasteiger partial charge in [-0.15, -0.1) is 0 Å². The van der Waals surface area contributed by atoms with Crippen LogP contribution in [-0.4, -0.2) is 14.2 Å². The molecule has 1 N–H and O–H groups in total. The first-order valence-corrected chi connectivity index (χ1v) is 6.83. The Morgan fingerprint density at radius 3 is 2.38 bits per heavy atom. The number of nitrogens with one attached hydrogen (secondary N) is 1. The summed E-state index contributed by atoms with van der Waals surface area (Å²) in [5.41, 5.74) is 2.32. The third-order valence-electron chi connectivity index (χ3n) is 3.18. The van der Waals surface area contributed by atoms with Crippen LogP contribution < -0.4 is 14.8 Å². The van der Waals surface area contributed by atoms with Gasteiger partial charge in [0.1, 0.15) is 5.82 Å². The number of aryl methyl sites for hydroxylation is 1. The van der Waals surface area contributed by atoms with E-state index in [0.717, 1.165) is 11.3 Å². The van der Waals surface area contributed by atoms with Gasteiger partial charge < -0.3 is 14.8 Å². The molecule has 5 heteroatoms. The molecule has 0 amide bonds. The third kappa shape index (κ3) is 3.58. The normalized spacial score (nSPS) is 10.3. The van der Waals surface area contributed by atoms with E-state index in [2.05, 4.69) is 5.32 Å². The fraction of sp³-hybridized carbons (Fsp3) is 0.250. The molecule has 0 bridgehead atoms. The minimum Gasteiger partial charge on any atom is -0.493 e. The highest BCUT2D eigenvalue weighted by molar-refractivity contribution is 6.33. The van der Waals surface area contributed by atoms with Gasteiger partial charge in [-0.1, -0.05) is 23.7 Å². The van der Waals surface area contributed by atoms with E-state index in [1.54, 1.807) is 45.4 Å². The molecule has 0 fully saturated rings. The summed E-state index contributed by atoms with van der Waals surface area (Å²) >= 11 is 6.20. The van der Waals surface area contributed by atoms with Gasteiger partial charge in [-0.3, -0.25) is 0 Å². The van der Waals surface area contributed by atoms with Gasteiger partial charge in [0.25, 0.3) is 0 Å². The SMILES string of the molecule is COc1cc(Cl)c(NCc2ccc(F)c(C)c2)cc1OC. The minimum atomic E-state index is -0.206. The van der Waals surface area contributed by atoms with Crippen LogP contribution in [0.1, 0.15) is 11.1 Å². The van der Waals surface area contributed by atoms with Crippen molar-refractivity contribution in [2.45, 2.75) is 13.5 Å². The average Bonchev–Trinajstić information content (AvgIpc) is 2.49. The van der Waals surface area contributed by atoms with Crippen molar-refractivity contribution in [1.82, 2.24) is 0 Å². The summed E-state index contributed by atoms with van der Waals surface area (Å²) in [7, 11) is 3.13. The number of ether oxygens (including phenoxy) is 2. The Morgan fingerprint density at radius 2 is 1.76 bits per heavy atom. The molecule has 21 heavy (non-hydrogen) atoms. The average molecular weight is 310 g/mol. The molecule has 2 rings (SSSR count). The van der Waals surface area contributed by atoms with E-state index >= 15 is 0 Å². The zero-order chi connectivity index (χ0) is 15.4. The van der Waals surface area contributed by atoms with Gasteiger partial charge in [0.05, 0.1) is 24.9 Å². The second-order valence-electron chi connectivity index (χ2n) is 4.62. The van der Waals surface area contributed by atoms with E-state index in [0.29, 0.717) is 28.6 Å². The van der Waals surface area contributed by atoms with Gasteiger partial charge in [-0.05, 0) is 24.1 Å². The molecule has 0 saturated carbocycles. The lowest BCUT2D eigenvalue weighted by atomic mass is 10.1. The Kier molecular flexibility index (Phi) is 4.91. The van der Waals surface area contributed by atoms with Crippen molar-refractivity contribution in [2.75, 3.05) is 19.5 Å². The van der Waals surface area contributed by atoms with Crippen molar-refractivity contribution in [3.63, 3.8) is 0 Å². The molecule has 2 aromatic rings. The maximum absolute atomic E-state index is 13.2. The molecule has 0 saturated heterocycles. The van der Waals surface area contributed by atoms with Gasteiger partial charge in [0.15, 0.2) is 11.5 Å². The number of rotatable bonds is 5. The smallest absolute Gasteiger partial charge is 0.162 e. The molecule has 112 valence electrons. The van der Waals surface area contributed by atoms with Crippen LogP contribution in [0.4, 0.5) is 10.1 Å². The largest absolute Gasteiger partial charge is 0.493 e. The van der Waals surface area contributed by atoms with E-state index in [1.165, 1.54) is 6.07 Å². The molecule has 0 unspecified atom stereocenters. The van der Waals surface area contributed by atoms with E-state index in [1.807, 2.05) is 0 Å². The standard InChI is InChI=1S/C16H17ClFNO2/c1-10-6-11(4-5-13(10)18)9-19-14-8-16(21-3)15(20-2)7-12(14)17/h4-8,19H,9H2,1-3H3. The summed E-state index contributed by atoms with van der Waals surface area (Å²) in [5.74, 6) is 0.966. The maximum Gasteiger partial charge on any atom is 0.162 e. The van der Waals surface area contributed by atoms with Crippen LogP contribution in [0.2, 0.25) is 5.02 Å². The van der Waals surface area contributed by atoms with Crippen molar-refractivity contribution in [3.05, 3.63) is 52.3 Å². The van der Waals surface area contributed by atoms with Crippen molar-refractivity contribution in [2.24, 2.45) is 0 Å². The summed E-state index contributed by atoms with van der Waals surface area (Å²) in [4.78, 5) is 0. The second-order valence-corrected chi connectivity index (χ2v) is 5.03. The lowest BCUT2D eigenvalue weighted by Gasteiger charge is -2.13. The topological polar surface area (TPSA) is 30.5 Å². The zero-order valence-electron chi connectivity index (χ0n) is 12.2. The van der Waals surface area contributed by atoms with Crippen LogP contribution in [0, 0.1) is 12.7 Å². The molecule has 0 radical (unpaired) electrons. The molecule has 3 nitrogen and oxygen atoms in total. The highest BCUT2D eigenvalue weighted by atomic mass is 35.5. The fourth-order valence-corrected chi connectivity index (χ4v) is 2.22. The van der Waals surface area contributed by atoms with Gasteiger partial charge in [-0.25, -0.2) is 4.39 Å². The number of anilines is 1. The highest BCUT2D eigenvalue weighted by Gasteiger charge is 2.09. The lowest BCUT2D eigenvalue weighted by molar-refractivity contribution is 0.355. The van der Waals surface area contributed by atoms with Crippen molar-refractivity contribution < 1.29 is 13.9 Å². The Bertz CT molecular complexity index is 646. The van der Waals surface area contributed by atoms with Crippen LogP contribution in [0.15, 0.2) is 30.3 Å². The van der Waals surface area contributed by atoms with E-state index < -0.39 is 0 Å². The van der Waals surface area contributed by atoms with Crippen molar-refractivity contribution in [1.29, 1.82) is 0 Å². The van der Waals surface area contributed by atoms with E-state index in [4.69, 9.17) is 21.1 Å². The summed E-state index contributed by atoms with van der Waals surface area (Å²) in [6, 6.07) is 8.47. The Balaban J connectivity index is 2.17. The van der Waals surface area contributed by atoms with Crippen LogP contribution >= 0.6 is 11.6 Å². The Hall–Kier alpha value is -1.94. The highest BCUT2D eigenvalue weighted by Crippen LogP contribution is 2.36. The summed E-state index contributed by atoms with van der Waals surface area (Å²) in [6.07, 6.45) is 0. The summed E-state index contributed by atoms with van der Waals surface area (Å²) in [6.45, 7) is 2.28. The summed E-state index contributed by atoms with van der Waals surface area (Å²) < 4.78 is 23.7. The van der Waals surface area contributed by atoms with Gasteiger partial charge in [0.2, 0.25) is 0 Å². The molecular formula is C16H17ClFNO2. The molecule has 0 heterocycles. The van der Waals surface area contributed by atoms with Gasteiger partial charge in [-0.2, -0.15) is 0 Å². The summed E-state index contributed by atoms with van der Waals surface area (Å²) in [5, 5.41) is 3.75. The number of benzene rings is 2. The zero-order valence-corrected chi connectivity index (χ0v) is 12.9. The second kappa shape index (κ2) is 6.68. The van der Waals surface area contributed by atoms with Gasteiger partial charge >= 0.3 is 0 Å². The number of hydrogen-bond acceptors (Lipinski definition) is 3. The van der Waals surface area contributed by atoms with E-state index in [9.17, 15) is 4.39 Å². The fourth-order valence-electron chi connectivity index (χ4n) is 2.00. The molecular weight excluding hydrogens is 293 g/mol. The number of halogens is 2. The van der Waals surface area contributed by atoms with Crippen LogP contribution in [0.3, 0.4) is 0 Å². The quantitative estimate of drug-likeness (QED) is 0.887. The van der Waals surface area contributed by atoms with Gasteiger partial charge in [0, 0.05) is 18.7 Å². The van der Waals surface area contributed by atoms with Crippen molar-refractivity contribution in [3.8, 4) is 11.5 Å². The maximum atomic E-state index is 13.2. The van der Waals surface area contributed by atoms with Crippen LogP contribution in [-0.2, 0) is 6.54 Å². The molecule has 0 aliphatic carbocycles. The predicted octanol–water partition coefficient (Wildman–Crippen LogP) is 4.42. The van der Waals surface area contributed by atoms with Crippen LogP contribution in [0.5, 0.6) is 11.5 Å². The van der Waals surface area contributed by atoms with E-state index in [-0.39, 0.29) is 5.82 Å². The van der Waals surface area contributed by atoms with Crippen molar-refractivity contribution >= 4 is 17.3 Å². The minimum absolute atomic E-state index is 0.206. The Labute approximate surface area is 128 Å². The Morgan fingerprint density at radius 1 is 1.10 bits per heavy atom. The molecule has 0 aromatic heterocycles. The first-order valence-electron chi connectivity index (χ1n) is 6.45.